The topological polar surface area (TPSA) is 86.5 Å². The van der Waals surface area contributed by atoms with E-state index in [0.29, 0.717) is 23.2 Å². The molecular weight excluding hydrogens is 482 g/mol. The summed E-state index contributed by atoms with van der Waals surface area (Å²) in [7, 11) is 0. The zero-order chi connectivity index (χ0) is 24.4. The average molecular weight is 504 g/mol. The number of carbonyl (C=O) groups excluding carboxylic acids is 1. The van der Waals surface area contributed by atoms with Crippen LogP contribution in [0, 0.1) is 0 Å². The van der Waals surface area contributed by atoms with Crippen LogP contribution in [0.4, 0.5) is 5.69 Å². The van der Waals surface area contributed by atoms with Crippen LogP contribution in [0.3, 0.4) is 0 Å². The molecule has 0 aliphatic carbocycles. The largest absolute Gasteiger partial charge is 0.508 e. The van der Waals surface area contributed by atoms with Crippen molar-refractivity contribution < 1.29 is 15.0 Å². The Morgan fingerprint density at radius 3 is 2.51 bits per heavy atom. The molecule has 1 aromatic heterocycles. The van der Waals surface area contributed by atoms with Crippen LogP contribution in [-0.4, -0.2) is 31.8 Å². The van der Waals surface area contributed by atoms with Gasteiger partial charge in [0.2, 0.25) is 0 Å². The van der Waals surface area contributed by atoms with Crippen molar-refractivity contribution >= 4 is 35.0 Å². The fourth-order valence-electron chi connectivity index (χ4n) is 4.00. The maximum atomic E-state index is 13.5. The molecule has 6 nitrogen and oxygen atoms in total. The number of anilines is 1. The molecule has 0 saturated carbocycles. The first-order valence-corrected chi connectivity index (χ1v) is 12.6. The lowest BCUT2D eigenvalue weighted by atomic mass is 10.1. The van der Waals surface area contributed by atoms with Crippen molar-refractivity contribution in [1.29, 1.82) is 0 Å². The number of phenols is 2. The second kappa shape index (κ2) is 9.98. The van der Waals surface area contributed by atoms with E-state index in [2.05, 4.69) is 4.98 Å². The third-order valence-corrected chi connectivity index (χ3v) is 7.15. The lowest BCUT2D eigenvalue weighted by molar-refractivity contribution is 0.0982. The molecule has 0 radical (unpaired) electrons. The number of aryl methyl sites for hydroxylation is 1. The van der Waals surface area contributed by atoms with Crippen LogP contribution in [0.5, 0.6) is 11.5 Å². The number of carbonyl (C=O) groups is 1. The van der Waals surface area contributed by atoms with E-state index in [1.807, 2.05) is 66.4 Å². The number of hydrogen-bond donors (Lipinski definition) is 2. The van der Waals surface area contributed by atoms with E-state index < -0.39 is 0 Å². The van der Waals surface area contributed by atoms with E-state index in [-0.39, 0.29) is 23.0 Å². The Balaban J connectivity index is 1.49. The van der Waals surface area contributed by atoms with Gasteiger partial charge in [-0.05, 0) is 54.1 Å². The summed E-state index contributed by atoms with van der Waals surface area (Å²) in [6, 6.07) is 21.0. The Bertz CT molecular complexity index is 1380. The summed E-state index contributed by atoms with van der Waals surface area (Å²) in [5.41, 5.74) is 4.49. The molecule has 1 aliphatic rings. The molecular formula is C27H22ClN3O3S. The Kier molecular flexibility index (Phi) is 6.61. The second-order valence-electron chi connectivity index (χ2n) is 8.19. The first-order valence-electron chi connectivity index (χ1n) is 11.1. The molecule has 8 heteroatoms. The highest BCUT2D eigenvalue weighted by Gasteiger charge is 2.22. The summed E-state index contributed by atoms with van der Waals surface area (Å²) in [4.78, 5) is 24.3. The molecule has 3 aromatic carbocycles. The van der Waals surface area contributed by atoms with E-state index in [4.69, 9.17) is 16.6 Å². The van der Waals surface area contributed by atoms with Crippen molar-refractivity contribution in [3.63, 3.8) is 0 Å². The van der Waals surface area contributed by atoms with Crippen LogP contribution < -0.4 is 4.90 Å². The van der Waals surface area contributed by atoms with Crippen LogP contribution in [0.2, 0.25) is 5.15 Å². The minimum atomic E-state index is -0.385. The van der Waals surface area contributed by atoms with Crippen molar-refractivity contribution in [3.8, 4) is 22.9 Å². The maximum absolute atomic E-state index is 13.5. The van der Waals surface area contributed by atoms with Gasteiger partial charge in [0.15, 0.2) is 5.82 Å². The Hall–Kier alpha value is -3.55. The van der Waals surface area contributed by atoms with Gasteiger partial charge in [-0.15, -0.1) is 0 Å². The van der Waals surface area contributed by atoms with Gasteiger partial charge in [0.05, 0.1) is 17.8 Å². The SMILES string of the molecule is O=C(c1ccc(O)cc1O)N(Cc1ccccc1)c1ccc(-c2nc(Cl)c3c(n2)CCSC3)cc1. The van der Waals surface area contributed by atoms with E-state index >= 15 is 0 Å². The summed E-state index contributed by atoms with van der Waals surface area (Å²) in [6.07, 6.45) is 0.864. The van der Waals surface area contributed by atoms with Crippen LogP contribution in [0.25, 0.3) is 11.4 Å². The van der Waals surface area contributed by atoms with Gasteiger partial charge in [-0.1, -0.05) is 41.9 Å². The summed E-state index contributed by atoms with van der Waals surface area (Å²) in [5, 5.41) is 20.4. The molecule has 2 N–H and O–H groups in total. The van der Waals surface area contributed by atoms with Crippen molar-refractivity contribution in [2.24, 2.45) is 0 Å². The number of fused-ring (bicyclic) bond motifs is 1. The van der Waals surface area contributed by atoms with Crippen LogP contribution >= 0.6 is 23.4 Å². The quantitative estimate of drug-likeness (QED) is 0.332. The van der Waals surface area contributed by atoms with Crippen LogP contribution in [0.1, 0.15) is 27.2 Å². The van der Waals surface area contributed by atoms with Crippen molar-refractivity contribution in [3.05, 3.63) is 100 Å². The molecule has 0 atom stereocenters. The Morgan fingerprint density at radius 1 is 1.00 bits per heavy atom. The van der Waals surface area contributed by atoms with Crippen molar-refractivity contribution in [1.82, 2.24) is 9.97 Å². The molecule has 1 aliphatic heterocycles. The van der Waals surface area contributed by atoms with E-state index in [1.54, 1.807) is 4.90 Å². The third kappa shape index (κ3) is 4.97. The summed E-state index contributed by atoms with van der Waals surface area (Å²) in [6.45, 7) is 0.304. The van der Waals surface area contributed by atoms with Gasteiger partial charge in [-0.25, -0.2) is 9.97 Å². The number of hydrogen-bond acceptors (Lipinski definition) is 6. The number of rotatable bonds is 5. The summed E-state index contributed by atoms with van der Waals surface area (Å²) < 4.78 is 0. The molecule has 176 valence electrons. The molecule has 0 fully saturated rings. The molecule has 0 unspecified atom stereocenters. The molecule has 0 bridgehead atoms. The number of nitrogens with zero attached hydrogens (tertiary/aromatic N) is 3. The molecule has 35 heavy (non-hydrogen) atoms. The zero-order valence-corrected chi connectivity index (χ0v) is 20.3. The van der Waals surface area contributed by atoms with Gasteiger partial charge >= 0.3 is 0 Å². The zero-order valence-electron chi connectivity index (χ0n) is 18.7. The molecule has 1 amide bonds. The predicted molar refractivity (Wildman–Crippen MR) is 139 cm³/mol. The van der Waals surface area contributed by atoms with Crippen LogP contribution in [-0.2, 0) is 18.7 Å². The number of phenolic OH excluding ortho intramolecular Hbond substituents is 2. The highest BCUT2D eigenvalue weighted by atomic mass is 35.5. The molecule has 2 heterocycles. The molecule has 0 saturated heterocycles. The monoisotopic (exact) mass is 503 g/mol. The number of aromatic hydroxyl groups is 2. The minimum absolute atomic E-state index is 0.102. The summed E-state index contributed by atoms with van der Waals surface area (Å²) in [5.74, 6) is 1.63. The predicted octanol–water partition coefficient (Wildman–Crippen LogP) is 5.84. The molecule has 0 spiro atoms. The standard InChI is InChI=1S/C27H22ClN3O3S/c28-25-22-16-35-13-12-23(22)29-26(30-25)18-6-8-19(9-7-18)31(15-17-4-2-1-3-5-17)27(34)21-11-10-20(32)14-24(21)33/h1-11,14,32-33H,12-13,15-16H2. The normalized spacial score (nSPS) is 12.7. The first kappa shape index (κ1) is 23.2. The van der Waals surface area contributed by atoms with Gasteiger partial charge in [-0.2, -0.15) is 11.8 Å². The number of amides is 1. The molecule has 4 aromatic rings. The van der Waals surface area contributed by atoms with Gasteiger partial charge in [0.25, 0.3) is 5.91 Å². The van der Waals surface area contributed by atoms with Gasteiger partial charge in [0.1, 0.15) is 16.7 Å². The smallest absolute Gasteiger partial charge is 0.262 e. The highest BCUT2D eigenvalue weighted by Crippen LogP contribution is 2.32. The van der Waals surface area contributed by atoms with Crippen LogP contribution in [0.15, 0.2) is 72.8 Å². The number of aromatic nitrogens is 2. The lowest BCUT2D eigenvalue weighted by Crippen LogP contribution is -2.30. The third-order valence-electron chi connectivity index (χ3n) is 5.85. The fraction of sp³-hybridized carbons (Fsp3) is 0.148. The minimum Gasteiger partial charge on any atom is -0.508 e. The fourth-order valence-corrected chi connectivity index (χ4v) is 5.33. The summed E-state index contributed by atoms with van der Waals surface area (Å²) >= 11 is 8.27. The molecule has 5 rings (SSSR count). The Morgan fingerprint density at radius 2 is 1.77 bits per heavy atom. The maximum Gasteiger partial charge on any atom is 0.262 e. The first-order chi connectivity index (χ1) is 17.0. The number of benzene rings is 3. The van der Waals surface area contributed by atoms with E-state index in [0.717, 1.165) is 46.4 Å². The lowest BCUT2D eigenvalue weighted by Gasteiger charge is -2.24. The number of thioether (sulfide) groups is 1. The Labute approximate surface area is 212 Å². The van der Waals surface area contributed by atoms with Gasteiger partial charge < -0.3 is 15.1 Å². The van der Waals surface area contributed by atoms with E-state index in [9.17, 15) is 15.0 Å². The van der Waals surface area contributed by atoms with Crippen molar-refractivity contribution in [2.75, 3.05) is 10.7 Å². The number of halogens is 1. The van der Waals surface area contributed by atoms with Gasteiger partial charge in [-0.3, -0.25) is 4.79 Å². The van der Waals surface area contributed by atoms with Gasteiger partial charge in [0, 0.05) is 28.6 Å². The highest BCUT2D eigenvalue weighted by molar-refractivity contribution is 7.98. The average Bonchev–Trinajstić information content (AvgIpc) is 2.88. The van der Waals surface area contributed by atoms with Crippen molar-refractivity contribution in [2.45, 2.75) is 18.7 Å². The second-order valence-corrected chi connectivity index (χ2v) is 9.65. The van der Waals surface area contributed by atoms with E-state index in [1.165, 1.54) is 12.1 Å².